The van der Waals surface area contributed by atoms with E-state index < -0.39 is 11.9 Å². The molecular formula is C11H21N3O2. The quantitative estimate of drug-likeness (QED) is 0.701. The Kier molecular flexibility index (Phi) is 4.29. The lowest BCUT2D eigenvalue weighted by Crippen LogP contribution is -2.52. The number of hydrogen-bond acceptors (Lipinski definition) is 3. The van der Waals surface area contributed by atoms with Gasteiger partial charge in [-0.2, -0.15) is 0 Å². The number of piperidine rings is 1. The molecule has 0 aromatic carbocycles. The molecule has 16 heavy (non-hydrogen) atoms. The molecule has 1 aliphatic heterocycles. The third-order valence-corrected chi connectivity index (χ3v) is 3.39. The fraction of sp³-hybridized carbons (Fsp3) is 0.818. The number of carbonyl (C=O) groups is 2. The largest absolute Gasteiger partial charge is 0.370 e. The monoisotopic (exact) mass is 227 g/mol. The van der Waals surface area contributed by atoms with Crippen molar-refractivity contribution in [2.75, 3.05) is 6.54 Å². The molecule has 0 aromatic rings. The minimum absolute atomic E-state index is 0.0730. The van der Waals surface area contributed by atoms with Crippen LogP contribution in [0.3, 0.4) is 0 Å². The maximum Gasteiger partial charge on any atom is 0.240 e. The zero-order chi connectivity index (χ0) is 12.3. The summed E-state index contributed by atoms with van der Waals surface area (Å²) in [7, 11) is 0. The summed E-state index contributed by atoms with van der Waals surface area (Å²) in [6.07, 6.45) is 2.06. The second-order valence-electron chi connectivity index (χ2n) is 4.67. The smallest absolute Gasteiger partial charge is 0.240 e. The first-order chi connectivity index (χ1) is 7.43. The summed E-state index contributed by atoms with van der Waals surface area (Å²) in [6, 6.07) is -0.592. The Morgan fingerprint density at radius 3 is 2.62 bits per heavy atom. The molecule has 1 rings (SSSR count). The first-order valence-electron chi connectivity index (χ1n) is 5.78. The molecule has 1 fully saturated rings. The van der Waals surface area contributed by atoms with Gasteiger partial charge in [-0.25, -0.2) is 0 Å². The van der Waals surface area contributed by atoms with E-state index in [1.165, 1.54) is 0 Å². The van der Waals surface area contributed by atoms with Crippen molar-refractivity contribution < 1.29 is 9.59 Å². The summed E-state index contributed by atoms with van der Waals surface area (Å²) >= 11 is 0. The van der Waals surface area contributed by atoms with Crippen LogP contribution < -0.4 is 11.5 Å². The molecule has 3 unspecified atom stereocenters. The molecule has 0 aliphatic carbocycles. The summed E-state index contributed by atoms with van der Waals surface area (Å²) in [5, 5.41) is 0. The maximum atomic E-state index is 12.0. The first-order valence-corrected chi connectivity index (χ1v) is 5.78. The van der Waals surface area contributed by atoms with Gasteiger partial charge < -0.3 is 16.4 Å². The molecule has 1 aliphatic rings. The van der Waals surface area contributed by atoms with E-state index in [0.29, 0.717) is 5.92 Å². The van der Waals surface area contributed by atoms with Crippen LogP contribution in [0.5, 0.6) is 0 Å². The van der Waals surface area contributed by atoms with Gasteiger partial charge in [0.2, 0.25) is 11.8 Å². The maximum absolute atomic E-state index is 12.0. The van der Waals surface area contributed by atoms with Crippen LogP contribution in [0.4, 0.5) is 0 Å². The SMILES string of the molecule is CC1CCCN(C(=O)C(N)CC(N)=O)C1C. The van der Waals surface area contributed by atoms with E-state index in [0.717, 1.165) is 19.4 Å². The number of amides is 2. The Morgan fingerprint density at radius 1 is 1.44 bits per heavy atom. The summed E-state index contributed by atoms with van der Waals surface area (Å²) in [6.45, 7) is 4.89. The Hall–Kier alpha value is -1.10. The van der Waals surface area contributed by atoms with Crippen molar-refractivity contribution >= 4 is 11.8 Å². The van der Waals surface area contributed by atoms with Crippen molar-refractivity contribution in [3.63, 3.8) is 0 Å². The number of carbonyl (C=O) groups excluding carboxylic acids is 2. The van der Waals surface area contributed by atoms with Crippen LogP contribution in [0, 0.1) is 5.92 Å². The average molecular weight is 227 g/mol. The molecular weight excluding hydrogens is 206 g/mol. The van der Waals surface area contributed by atoms with Gasteiger partial charge in [-0.15, -0.1) is 0 Å². The van der Waals surface area contributed by atoms with Crippen molar-refractivity contribution in [3.05, 3.63) is 0 Å². The van der Waals surface area contributed by atoms with Crippen LogP contribution in [-0.4, -0.2) is 35.3 Å². The standard InChI is InChI=1S/C11H21N3O2/c1-7-4-3-5-14(8(7)2)11(16)9(12)6-10(13)15/h7-9H,3-6,12H2,1-2H3,(H2,13,15). The van der Waals surface area contributed by atoms with Crippen LogP contribution in [0.25, 0.3) is 0 Å². The van der Waals surface area contributed by atoms with Gasteiger partial charge in [0.15, 0.2) is 0 Å². The summed E-state index contributed by atoms with van der Waals surface area (Å²) in [5.41, 5.74) is 10.7. The number of nitrogens with two attached hydrogens (primary N) is 2. The molecule has 3 atom stereocenters. The third kappa shape index (κ3) is 2.95. The van der Waals surface area contributed by atoms with Crippen LogP contribution in [0.15, 0.2) is 0 Å². The lowest BCUT2D eigenvalue weighted by Gasteiger charge is -2.39. The Labute approximate surface area is 96.1 Å². The van der Waals surface area contributed by atoms with Gasteiger partial charge in [-0.1, -0.05) is 6.92 Å². The molecule has 0 aromatic heterocycles. The number of primary amides is 1. The van der Waals surface area contributed by atoms with E-state index >= 15 is 0 Å². The zero-order valence-electron chi connectivity index (χ0n) is 9.98. The van der Waals surface area contributed by atoms with Crippen molar-refractivity contribution in [1.29, 1.82) is 0 Å². The van der Waals surface area contributed by atoms with Crippen LogP contribution in [0.2, 0.25) is 0 Å². The average Bonchev–Trinajstić information content (AvgIpc) is 2.20. The lowest BCUT2D eigenvalue weighted by molar-refractivity contribution is -0.138. The number of rotatable bonds is 3. The van der Waals surface area contributed by atoms with Crippen LogP contribution in [0.1, 0.15) is 33.1 Å². The summed E-state index contributed by atoms with van der Waals surface area (Å²) < 4.78 is 0. The van der Waals surface area contributed by atoms with Crippen LogP contribution >= 0.6 is 0 Å². The Morgan fingerprint density at radius 2 is 2.06 bits per heavy atom. The fourth-order valence-corrected chi connectivity index (χ4v) is 2.16. The van der Waals surface area contributed by atoms with E-state index in [-0.39, 0.29) is 18.4 Å². The van der Waals surface area contributed by atoms with Crippen molar-refractivity contribution in [2.24, 2.45) is 17.4 Å². The molecule has 1 heterocycles. The molecule has 5 nitrogen and oxygen atoms in total. The first kappa shape index (κ1) is 13.0. The van der Waals surface area contributed by atoms with Crippen molar-refractivity contribution in [2.45, 2.75) is 45.2 Å². The second-order valence-corrected chi connectivity index (χ2v) is 4.67. The van der Waals surface area contributed by atoms with E-state index in [9.17, 15) is 9.59 Å². The summed E-state index contributed by atoms with van der Waals surface area (Å²) in [4.78, 5) is 24.5. The second kappa shape index (κ2) is 5.30. The highest BCUT2D eigenvalue weighted by Crippen LogP contribution is 2.23. The van der Waals surface area contributed by atoms with Crippen molar-refractivity contribution in [1.82, 2.24) is 4.90 Å². The van der Waals surface area contributed by atoms with E-state index in [1.807, 2.05) is 6.92 Å². The zero-order valence-corrected chi connectivity index (χ0v) is 9.98. The molecule has 0 saturated carbocycles. The van der Waals surface area contributed by atoms with E-state index in [4.69, 9.17) is 11.5 Å². The number of hydrogen-bond donors (Lipinski definition) is 2. The molecule has 92 valence electrons. The van der Waals surface area contributed by atoms with Gasteiger partial charge in [-0.3, -0.25) is 9.59 Å². The molecule has 0 bridgehead atoms. The van der Waals surface area contributed by atoms with Crippen LogP contribution in [-0.2, 0) is 9.59 Å². The molecule has 0 spiro atoms. The van der Waals surface area contributed by atoms with Gasteiger partial charge in [0.05, 0.1) is 12.5 Å². The van der Waals surface area contributed by atoms with Gasteiger partial charge in [0.1, 0.15) is 0 Å². The summed E-state index contributed by atoms with van der Waals surface area (Å²) in [5.74, 6) is -0.199. The highest BCUT2D eigenvalue weighted by molar-refractivity contribution is 5.87. The predicted molar refractivity (Wildman–Crippen MR) is 61.4 cm³/mol. The number of likely N-dealkylation sites (tertiary alicyclic amines) is 1. The minimum Gasteiger partial charge on any atom is -0.370 e. The normalized spacial score (nSPS) is 27.6. The molecule has 4 N–H and O–H groups in total. The fourth-order valence-electron chi connectivity index (χ4n) is 2.16. The van der Waals surface area contributed by atoms with Crippen molar-refractivity contribution in [3.8, 4) is 0 Å². The van der Waals surface area contributed by atoms with Gasteiger partial charge in [0.25, 0.3) is 0 Å². The highest BCUT2D eigenvalue weighted by Gasteiger charge is 2.31. The highest BCUT2D eigenvalue weighted by atomic mass is 16.2. The van der Waals surface area contributed by atoms with E-state index in [1.54, 1.807) is 4.90 Å². The van der Waals surface area contributed by atoms with E-state index in [2.05, 4.69) is 6.92 Å². The lowest BCUT2D eigenvalue weighted by atomic mass is 9.91. The Bertz CT molecular complexity index is 280. The number of nitrogens with zero attached hydrogens (tertiary/aromatic N) is 1. The Balaban J connectivity index is 2.61. The molecule has 5 heteroatoms. The molecule has 1 saturated heterocycles. The minimum atomic E-state index is -0.787. The predicted octanol–water partition coefficient (Wildman–Crippen LogP) is -0.164. The van der Waals surface area contributed by atoms with Gasteiger partial charge >= 0.3 is 0 Å². The van der Waals surface area contributed by atoms with Gasteiger partial charge in [0, 0.05) is 12.6 Å². The molecule has 0 radical (unpaired) electrons. The third-order valence-electron chi connectivity index (χ3n) is 3.39. The van der Waals surface area contributed by atoms with Gasteiger partial charge in [-0.05, 0) is 25.7 Å². The molecule has 2 amide bonds. The topological polar surface area (TPSA) is 89.4 Å².